The van der Waals surface area contributed by atoms with E-state index in [-0.39, 0.29) is 11.6 Å². The van der Waals surface area contributed by atoms with Gasteiger partial charge in [-0.3, -0.25) is 4.79 Å². The first kappa shape index (κ1) is 22.6. The molecule has 0 unspecified atom stereocenters. The number of nitrogens with zero attached hydrogens (tertiary/aromatic N) is 3. The van der Waals surface area contributed by atoms with E-state index in [1.807, 2.05) is 0 Å². The summed E-state index contributed by atoms with van der Waals surface area (Å²) in [6.45, 7) is 4.83. The third-order valence-electron chi connectivity index (χ3n) is 5.66. The van der Waals surface area contributed by atoms with Crippen LogP contribution in [-0.2, 0) is 6.18 Å². The molecule has 2 heterocycles. The Labute approximate surface area is 188 Å². The van der Waals surface area contributed by atoms with Gasteiger partial charge < -0.3 is 20.7 Å². The fraction of sp³-hybridized carbons (Fsp3) is 0.348. The second kappa shape index (κ2) is 8.42. The van der Waals surface area contributed by atoms with Crippen LogP contribution in [0.5, 0.6) is 5.75 Å². The summed E-state index contributed by atoms with van der Waals surface area (Å²) in [7, 11) is 1.48. The average Bonchev–Trinajstić information content (AvgIpc) is 2.70. The van der Waals surface area contributed by atoms with Gasteiger partial charge in [0.25, 0.3) is 5.91 Å². The van der Waals surface area contributed by atoms with Gasteiger partial charge in [0.1, 0.15) is 17.4 Å². The van der Waals surface area contributed by atoms with E-state index in [0.717, 1.165) is 18.6 Å². The Hall–Kier alpha value is -3.56. The Bertz CT molecular complexity index is 1220. The number of carbonyl (C=O) groups excluding carboxylic acids is 1. The van der Waals surface area contributed by atoms with Crippen LogP contribution in [0.1, 0.15) is 46.7 Å². The Morgan fingerprint density at radius 3 is 2.52 bits per heavy atom. The van der Waals surface area contributed by atoms with Gasteiger partial charge in [0, 0.05) is 24.2 Å². The Kier molecular flexibility index (Phi) is 5.77. The number of benzene rings is 2. The van der Waals surface area contributed by atoms with Crippen molar-refractivity contribution in [2.24, 2.45) is 0 Å². The third-order valence-corrected chi connectivity index (χ3v) is 5.66. The predicted molar refractivity (Wildman–Crippen MR) is 119 cm³/mol. The SMILES string of the molecule is COc1cc2c(N[C@H](C)c3cc(N)cc(C(F)(F)F)c3)nc(C)nc2cc1C(=O)N1CCC1. The first-order chi connectivity index (χ1) is 15.6. The number of nitrogens with one attached hydrogen (secondary N) is 1. The fourth-order valence-corrected chi connectivity index (χ4v) is 3.79. The van der Waals surface area contributed by atoms with Gasteiger partial charge in [-0.1, -0.05) is 0 Å². The topological polar surface area (TPSA) is 93.4 Å². The van der Waals surface area contributed by atoms with Gasteiger partial charge in [0.05, 0.1) is 29.8 Å². The zero-order valence-electron chi connectivity index (χ0n) is 18.5. The van der Waals surface area contributed by atoms with Crippen LogP contribution in [0.3, 0.4) is 0 Å². The highest BCUT2D eigenvalue weighted by molar-refractivity contribution is 6.03. The van der Waals surface area contributed by atoms with Crippen molar-refractivity contribution in [2.75, 3.05) is 31.2 Å². The number of nitrogen functional groups attached to an aromatic ring is 1. The number of aryl methyl sites for hydroxylation is 1. The molecule has 1 aliphatic heterocycles. The molecule has 1 aromatic heterocycles. The Morgan fingerprint density at radius 1 is 1.18 bits per heavy atom. The van der Waals surface area contributed by atoms with Crippen LogP contribution in [0.15, 0.2) is 30.3 Å². The van der Waals surface area contributed by atoms with E-state index < -0.39 is 17.8 Å². The number of anilines is 2. The molecule has 174 valence electrons. The van der Waals surface area contributed by atoms with Crippen molar-refractivity contribution in [3.63, 3.8) is 0 Å². The van der Waals surface area contributed by atoms with Crippen LogP contribution >= 0.6 is 0 Å². The highest BCUT2D eigenvalue weighted by Gasteiger charge is 2.31. The van der Waals surface area contributed by atoms with Crippen molar-refractivity contribution < 1.29 is 22.7 Å². The number of likely N-dealkylation sites (tertiary alicyclic amines) is 1. The second-order valence-electron chi connectivity index (χ2n) is 8.09. The molecule has 2 aromatic carbocycles. The molecule has 1 atom stereocenters. The number of fused-ring (bicyclic) bond motifs is 1. The Balaban J connectivity index is 1.73. The monoisotopic (exact) mass is 459 g/mol. The smallest absolute Gasteiger partial charge is 0.416 e. The molecule has 1 aliphatic rings. The minimum absolute atomic E-state index is 0.0213. The molecule has 0 bridgehead atoms. The number of alkyl halides is 3. The average molecular weight is 459 g/mol. The summed E-state index contributed by atoms with van der Waals surface area (Å²) in [5.41, 5.74) is 6.23. The lowest BCUT2D eigenvalue weighted by molar-refractivity contribution is -0.137. The molecule has 33 heavy (non-hydrogen) atoms. The van der Waals surface area contributed by atoms with E-state index in [9.17, 15) is 18.0 Å². The summed E-state index contributed by atoms with van der Waals surface area (Å²) < 4.78 is 45.2. The van der Waals surface area contributed by atoms with Gasteiger partial charge in [-0.15, -0.1) is 0 Å². The van der Waals surface area contributed by atoms with Gasteiger partial charge in [0.2, 0.25) is 0 Å². The highest BCUT2D eigenvalue weighted by atomic mass is 19.4. The summed E-state index contributed by atoms with van der Waals surface area (Å²) in [4.78, 5) is 23.4. The summed E-state index contributed by atoms with van der Waals surface area (Å²) in [5.74, 6) is 1.12. The third kappa shape index (κ3) is 4.50. The molecule has 7 nitrogen and oxygen atoms in total. The lowest BCUT2D eigenvalue weighted by Gasteiger charge is -2.31. The van der Waals surface area contributed by atoms with E-state index in [1.54, 1.807) is 30.9 Å². The number of nitrogens with two attached hydrogens (primary N) is 1. The number of carbonyl (C=O) groups is 1. The first-order valence-corrected chi connectivity index (χ1v) is 10.5. The zero-order chi connectivity index (χ0) is 23.9. The maximum absolute atomic E-state index is 13.2. The maximum atomic E-state index is 13.2. The van der Waals surface area contributed by atoms with Crippen LogP contribution in [0.4, 0.5) is 24.7 Å². The predicted octanol–water partition coefficient (Wildman–Crippen LogP) is 4.57. The maximum Gasteiger partial charge on any atom is 0.416 e. The van der Waals surface area contributed by atoms with Gasteiger partial charge in [-0.2, -0.15) is 13.2 Å². The molecule has 0 aliphatic carbocycles. The molecule has 1 amide bonds. The van der Waals surface area contributed by atoms with Gasteiger partial charge in [-0.25, -0.2) is 9.97 Å². The molecule has 3 N–H and O–H groups in total. The molecule has 0 radical (unpaired) electrons. The molecular weight excluding hydrogens is 435 g/mol. The van der Waals surface area contributed by atoms with Gasteiger partial charge >= 0.3 is 6.18 Å². The van der Waals surface area contributed by atoms with Crippen molar-refractivity contribution in [1.29, 1.82) is 0 Å². The van der Waals surface area contributed by atoms with Crippen molar-refractivity contribution in [3.8, 4) is 5.75 Å². The fourth-order valence-electron chi connectivity index (χ4n) is 3.79. The van der Waals surface area contributed by atoms with Gasteiger partial charge in [-0.05, 0) is 56.2 Å². The minimum Gasteiger partial charge on any atom is -0.496 e. The molecule has 4 rings (SSSR count). The molecule has 10 heteroatoms. The van der Waals surface area contributed by atoms with Crippen molar-refractivity contribution in [2.45, 2.75) is 32.5 Å². The van der Waals surface area contributed by atoms with Crippen LogP contribution in [0.2, 0.25) is 0 Å². The number of hydrogen-bond donors (Lipinski definition) is 2. The lowest BCUT2D eigenvalue weighted by atomic mass is 10.0. The lowest BCUT2D eigenvalue weighted by Crippen LogP contribution is -2.42. The molecule has 0 spiro atoms. The number of amides is 1. The van der Waals surface area contributed by atoms with Crippen LogP contribution in [0, 0.1) is 6.92 Å². The van der Waals surface area contributed by atoms with E-state index in [0.29, 0.717) is 52.5 Å². The Morgan fingerprint density at radius 2 is 1.91 bits per heavy atom. The highest BCUT2D eigenvalue weighted by Crippen LogP contribution is 2.35. The molecular formula is C23H24F3N5O2. The van der Waals surface area contributed by atoms with Gasteiger partial charge in [0.15, 0.2) is 0 Å². The van der Waals surface area contributed by atoms with Crippen molar-refractivity contribution >= 4 is 28.3 Å². The summed E-state index contributed by atoms with van der Waals surface area (Å²) in [5, 5.41) is 3.76. The number of ether oxygens (including phenoxy) is 1. The minimum atomic E-state index is -4.51. The van der Waals surface area contributed by atoms with E-state index >= 15 is 0 Å². The standard InChI is InChI=1S/C23H24F3N5O2/c1-12(14-7-15(23(24,25)26)9-16(27)8-14)28-21-17-11-20(33-3)18(22(32)31-5-4-6-31)10-19(17)29-13(2)30-21/h7-12H,4-6,27H2,1-3H3,(H,28,29,30)/t12-/m1/s1. The molecule has 1 fully saturated rings. The normalized spacial score (nSPS) is 14.7. The molecule has 0 saturated carbocycles. The van der Waals surface area contributed by atoms with E-state index in [1.165, 1.54) is 13.2 Å². The zero-order valence-corrected chi connectivity index (χ0v) is 18.5. The van der Waals surface area contributed by atoms with E-state index in [4.69, 9.17) is 10.5 Å². The summed E-state index contributed by atoms with van der Waals surface area (Å²) in [6.07, 6.45) is -3.54. The van der Waals surface area contributed by atoms with E-state index in [2.05, 4.69) is 15.3 Å². The number of halogens is 3. The van der Waals surface area contributed by atoms with Crippen molar-refractivity contribution in [1.82, 2.24) is 14.9 Å². The first-order valence-electron chi connectivity index (χ1n) is 10.5. The number of aromatic nitrogens is 2. The number of methoxy groups -OCH3 is 1. The molecule has 3 aromatic rings. The quantitative estimate of drug-likeness (QED) is 0.543. The van der Waals surface area contributed by atoms with Crippen LogP contribution in [0.25, 0.3) is 10.9 Å². The van der Waals surface area contributed by atoms with Crippen molar-refractivity contribution in [3.05, 3.63) is 52.8 Å². The van der Waals surface area contributed by atoms with Crippen LogP contribution < -0.4 is 15.8 Å². The number of hydrogen-bond acceptors (Lipinski definition) is 6. The van der Waals surface area contributed by atoms with Crippen LogP contribution in [-0.4, -0.2) is 41.0 Å². The molecule has 1 saturated heterocycles. The summed E-state index contributed by atoms with van der Waals surface area (Å²) >= 11 is 0. The largest absolute Gasteiger partial charge is 0.496 e. The summed E-state index contributed by atoms with van der Waals surface area (Å²) in [6, 6.07) is 6.27. The second-order valence-corrected chi connectivity index (χ2v) is 8.09. The number of rotatable bonds is 5.